The first kappa shape index (κ1) is 17.8. The van der Waals surface area contributed by atoms with Crippen LogP contribution in [0.1, 0.15) is 42.5 Å². The molecular weight excluding hydrogens is 299 g/mol. The van der Waals surface area contributed by atoms with E-state index in [1.165, 1.54) is 6.07 Å². The molecule has 0 atom stereocenters. The average Bonchev–Trinajstić information content (AvgIpc) is 2.33. The predicted molar refractivity (Wildman–Crippen MR) is 76.6 cm³/mol. The van der Waals surface area contributed by atoms with E-state index in [0.29, 0.717) is 6.29 Å². The lowest BCUT2D eigenvalue weighted by Gasteiger charge is -2.36. The summed E-state index contributed by atoms with van der Waals surface area (Å²) in [5.41, 5.74) is -0.996. The minimum Gasteiger partial charge on any atom is -0.411 e. The molecule has 118 valence electrons. The summed E-state index contributed by atoms with van der Waals surface area (Å²) in [5, 5.41) is -0.0534. The van der Waals surface area contributed by atoms with Crippen LogP contribution >= 0.6 is 0 Å². The van der Waals surface area contributed by atoms with Crippen LogP contribution in [0, 0.1) is 0 Å². The van der Waals surface area contributed by atoms with Crippen LogP contribution in [-0.4, -0.2) is 19.6 Å². The van der Waals surface area contributed by atoms with Gasteiger partial charge < -0.3 is 4.43 Å². The maximum atomic E-state index is 12.7. The van der Waals surface area contributed by atoms with Crippen LogP contribution in [0.3, 0.4) is 0 Å². The number of nitrogens with zero attached hydrogens (tertiary/aromatic N) is 1. The van der Waals surface area contributed by atoms with E-state index in [0.717, 1.165) is 6.07 Å². The van der Waals surface area contributed by atoms with Crippen LogP contribution in [0.25, 0.3) is 0 Å². The lowest BCUT2D eigenvalue weighted by Crippen LogP contribution is -2.40. The van der Waals surface area contributed by atoms with Crippen molar-refractivity contribution in [1.82, 2.24) is 4.98 Å². The molecule has 21 heavy (non-hydrogen) atoms. The maximum absolute atomic E-state index is 12.7. The van der Waals surface area contributed by atoms with Gasteiger partial charge in [0.05, 0.1) is 12.3 Å². The van der Waals surface area contributed by atoms with Gasteiger partial charge in [-0.25, -0.2) is 4.98 Å². The molecule has 0 radical (unpaired) electrons. The second kappa shape index (κ2) is 5.88. The Balaban J connectivity index is 3.02. The van der Waals surface area contributed by atoms with Gasteiger partial charge in [-0.3, -0.25) is 4.79 Å². The van der Waals surface area contributed by atoms with Crippen molar-refractivity contribution in [3.63, 3.8) is 0 Å². The summed E-state index contributed by atoms with van der Waals surface area (Å²) in [7, 11) is -2.09. The molecule has 0 fully saturated rings. The van der Waals surface area contributed by atoms with Crippen molar-refractivity contribution in [2.45, 2.75) is 51.7 Å². The highest BCUT2D eigenvalue weighted by Crippen LogP contribution is 2.37. The smallest absolute Gasteiger partial charge is 0.411 e. The van der Waals surface area contributed by atoms with Crippen molar-refractivity contribution in [3.05, 3.63) is 29.1 Å². The molecule has 0 bridgehead atoms. The predicted octanol–water partition coefficient (Wildman–Crippen LogP) is 4.43. The van der Waals surface area contributed by atoms with Crippen LogP contribution in [-0.2, 0) is 17.2 Å². The van der Waals surface area contributed by atoms with Gasteiger partial charge in [-0.2, -0.15) is 13.2 Å². The molecule has 0 saturated carbocycles. The van der Waals surface area contributed by atoms with Gasteiger partial charge in [-0.1, -0.05) is 20.8 Å². The second-order valence-corrected chi connectivity index (χ2v) is 11.3. The van der Waals surface area contributed by atoms with Gasteiger partial charge in [-0.05, 0) is 30.3 Å². The van der Waals surface area contributed by atoms with E-state index in [4.69, 9.17) is 4.43 Å². The molecule has 1 rings (SSSR count). The van der Waals surface area contributed by atoms with Crippen LogP contribution < -0.4 is 0 Å². The van der Waals surface area contributed by atoms with Gasteiger partial charge in [0.25, 0.3) is 0 Å². The first-order chi connectivity index (χ1) is 9.37. The Kier molecular flexibility index (Phi) is 5.00. The molecule has 0 aliphatic rings. The highest BCUT2D eigenvalue weighted by atomic mass is 28.4. The molecule has 3 nitrogen and oxygen atoms in total. The van der Waals surface area contributed by atoms with Gasteiger partial charge in [0.15, 0.2) is 8.32 Å². The number of rotatable bonds is 4. The third kappa shape index (κ3) is 4.64. The topological polar surface area (TPSA) is 39.2 Å². The molecule has 7 heteroatoms. The van der Waals surface area contributed by atoms with Crippen molar-refractivity contribution in [1.29, 1.82) is 0 Å². The zero-order valence-corrected chi connectivity index (χ0v) is 13.8. The second-order valence-electron chi connectivity index (χ2n) is 6.44. The molecular formula is C14H20F3NO2Si. The first-order valence-electron chi connectivity index (χ1n) is 6.54. The van der Waals surface area contributed by atoms with Gasteiger partial charge in [0, 0.05) is 5.56 Å². The molecule has 0 amide bonds. The number of hydrogen-bond acceptors (Lipinski definition) is 3. The Bertz CT molecular complexity index is 522. The van der Waals surface area contributed by atoms with Gasteiger partial charge in [-0.15, -0.1) is 0 Å². The summed E-state index contributed by atoms with van der Waals surface area (Å²) in [6, 6.07) is 2.07. The monoisotopic (exact) mass is 319 g/mol. The molecule has 1 heterocycles. The molecule has 0 aliphatic carbocycles. The van der Waals surface area contributed by atoms with Crippen molar-refractivity contribution in [2.75, 3.05) is 0 Å². The van der Waals surface area contributed by atoms with E-state index in [1.54, 1.807) is 0 Å². The van der Waals surface area contributed by atoms with E-state index in [9.17, 15) is 18.0 Å². The summed E-state index contributed by atoms with van der Waals surface area (Å²) < 4.78 is 44.1. The number of pyridine rings is 1. The summed E-state index contributed by atoms with van der Waals surface area (Å²) in [4.78, 5) is 14.3. The van der Waals surface area contributed by atoms with E-state index in [2.05, 4.69) is 4.98 Å². The minimum atomic E-state index is -4.58. The fourth-order valence-electron chi connectivity index (χ4n) is 1.37. The Morgan fingerprint density at radius 1 is 1.24 bits per heavy atom. The van der Waals surface area contributed by atoms with Crippen LogP contribution in [0.2, 0.25) is 18.1 Å². The number of aldehydes is 1. The molecule has 1 aromatic rings. The Hall–Kier alpha value is -1.21. The summed E-state index contributed by atoms with van der Waals surface area (Å²) in [5.74, 6) is 0. The maximum Gasteiger partial charge on any atom is 0.433 e. The third-order valence-corrected chi connectivity index (χ3v) is 8.19. The zero-order valence-electron chi connectivity index (χ0n) is 12.8. The van der Waals surface area contributed by atoms with Crippen molar-refractivity contribution < 1.29 is 22.4 Å². The number of alkyl halides is 3. The van der Waals surface area contributed by atoms with Crippen LogP contribution in [0.15, 0.2) is 12.1 Å². The quantitative estimate of drug-likeness (QED) is 0.608. The molecule has 1 aromatic heterocycles. The lowest BCUT2D eigenvalue weighted by atomic mass is 10.2. The molecule has 0 aliphatic heterocycles. The van der Waals surface area contributed by atoms with E-state index < -0.39 is 20.2 Å². The highest BCUT2D eigenvalue weighted by molar-refractivity contribution is 6.74. The van der Waals surface area contributed by atoms with E-state index in [-0.39, 0.29) is 22.9 Å². The normalized spacial score (nSPS) is 13.3. The molecule has 0 aromatic carbocycles. The van der Waals surface area contributed by atoms with Crippen LogP contribution in [0.4, 0.5) is 13.2 Å². The molecule has 0 saturated heterocycles. The SMILES string of the molecule is CC(C)(C)[Si](C)(C)OCc1cc(C=O)cc(C(F)(F)F)n1. The number of aromatic nitrogens is 1. The fraction of sp³-hybridized carbons (Fsp3) is 0.571. The summed E-state index contributed by atoms with van der Waals surface area (Å²) in [6.07, 6.45) is -4.20. The number of carbonyl (C=O) groups excluding carboxylic acids is 1. The Morgan fingerprint density at radius 2 is 1.81 bits per heavy atom. The van der Waals surface area contributed by atoms with Gasteiger partial charge >= 0.3 is 6.18 Å². The van der Waals surface area contributed by atoms with Gasteiger partial charge in [0.2, 0.25) is 0 Å². The number of hydrogen-bond donors (Lipinski definition) is 0. The molecule has 0 spiro atoms. The number of carbonyl (C=O) groups is 1. The summed E-state index contributed by atoms with van der Waals surface area (Å²) >= 11 is 0. The van der Waals surface area contributed by atoms with Crippen LogP contribution in [0.5, 0.6) is 0 Å². The summed E-state index contributed by atoms with van der Waals surface area (Å²) in [6.45, 7) is 10.1. The van der Waals surface area contributed by atoms with Crippen molar-refractivity contribution in [2.24, 2.45) is 0 Å². The Morgan fingerprint density at radius 3 is 2.24 bits per heavy atom. The van der Waals surface area contributed by atoms with E-state index >= 15 is 0 Å². The standard InChI is InChI=1S/C14H20F3NO2Si/c1-13(2,3)21(4,5)20-9-11-6-10(8-19)7-12(18-11)14(15,16)17/h6-8H,9H2,1-5H3. The number of halogens is 3. The minimum absolute atomic E-state index is 0.0265. The van der Waals surface area contributed by atoms with Crippen molar-refractivity contribution >= 4 is 14.6 Å². The largest absolute Gasteiger partial charge is 0.433 e. The molecule has 0 unspecified atom stereocenters. The lowest BCUT2D eigenvalue weighted by molar-refractivity contribution is -0.141. The van der Waals surface area contributed by atoms with Crippen molar-refractivity contribution in [3.8, 4) is 0 Å². The Labute approximate surface area is 123 Å². The average molecular weight is 319 g/mol. The fourth-order valence-corrected chi connectivity index (χ4v) is 2.31. The first-order valence-corrected chi connectivity index (χ1v) is 9.45. The highest BCUT2D eigenvalue weighted by Gasteiger charge is 2.37. The third-order valence-electron chi connectivity index (χ3n) is 3.71. The molecule has 0 N–H and O–H groups in total. The van der Waals surface area contributed by atoms with E-state index in [1.807, 2.05) is 33.9 Å². The van der Waals surface area contributed by atoms with Gasteiger partial charge in [0.1, 0.15) is 12.0 Å². The zero-order chi connectivity index (χ0) is 16.5.